The fourth-order valence-corrected chi connectivity index (χ4v) is 2.28. The lowest BCUT2D eigenvalue weighted by Gasteiger charge is -2.21. The highest BCUT2D eigenvalue weighted by Crippen LogP contribution is 2.21. The first kappa shape index (κ1) is 14.2. The van der Waals surface area contributed by atoms with E-state index in [0.717, 1.165) is 0 Å². The van der Waals surface area contributed by atoms with Crippen molar-refractivity contribution in [3.8, 4) is 0 Å². The lowest BCUT2D eigenvalue weighted by molar-refractivity contribution is 0.0382. The van der Waals surface area contributed by atoms with Gasteiger partial charge in [0.2, 0.25) is 0 Å². The predicted octanol–water partition coefficient (Wildman–Crippen LogP) is 0.755. The number of ether oxygens (including phenoxy) is 1. The van der Waals surface area contributed by atoms with Crippen LogP contribution in [0.2, 0.25) is 0 Å². The van der Waals surface area contributed by atoms with Gasteiger partial charge in [0.25, 0.3) is 5.56 Å². The van der Waals surface area contributed by atoms with E-state index in [-0.39, 0.29) is 5.56 Å². The number of aliphatic hydroxyl groups is 1. The lowest BCUT2D eigenvalue weighted by Crippen LogP contribution is -2.37. The first-order chi connectivity index (χ1) is 9.06. The van der Waals surface area contributed by atoms with Crippen molar-refractivity contribution in [2.75, 3.05) is 25.1 Å². The Morgan fingerprint density at radius 1 is 1.74 bits per heavy atom. The highest BCUT2D eigenvalue weighted by Gasteiger charge is 2.32. The number of nitrogens with zero attached hydrogens (tertiary/aromatic N) is 2. The Labute approximate surface area is 119 Å². The van der Waals surface area contributed by atoms with Gasteiger partial charge in [-0.1, -0.05) is 6.08 Å². The standard InChI is InChI=1S/C12H16BrN3O3/c1-2-4-16-11(17)10(13)9(6-15-16)14-7-12(18)3-5-19-8-12/h2,6,14,18H,1,3-5,7-8H2. The summed E-state index contributed by atoms with van der Waals surface area (Å²) in [6.07, 6.45) is 3.74. The summed E-state index contributed by atoms with van der Waals surface area (Å²) in [5.41, 5.74) is -0.555. The number of halogens is 1. The van der Waals surface area contributed by atoms with Crippen LogP contribution in [0.5, 0.6) is 0 Å². The number of hydrogen-bond acceptors (Lipinski definition) is 5. The van der Waals surface area contributed by atoms with E-state index in [4.69, 9.17) is 4.74 Å². The molecule has 0 spiro atoms. The molecule has 1 aliphatic rings. The molecule has 0 aromatic carbocycles. The summed E-state index contributed by atoms with van der Waals surface area (Å²) < 4.78 is 6.86. The van der Waals surface area contributed by atoms with Gasteiger partial charge in [-0.2, -0.15) is 5.10 Å². The molecule has 0 aliphatic carbocycles. The Morgan fingerprint density at radius 2 is 2.53 bits per heavy atom. The van der Waals surface area contributed by atoms with Crippen LogP contribution in [-0.2, 0) is 11.3 Å². The van der Waals surface area contributed by atoms with Crippen LogP contribution in [0.3, 0.4) is 0 Å². The number of hydrogen-bond donors (Lipinski definition) is 2. The molecule has 1 saturated heterocycles. The van der Waals surface area contributed by atoms with Crippen LogP contribution >= 0.6 is 15.9 Å². The van der Waals surface area contributed by atoms with E-state index < -0.39 is 5.60 Å². The topological polar surface area (TPSA) is 76.4 Å². The number of allylic oxidation sites excluding steroid dienone is 1. The van der Waals surface area contributed by atoms with Crippen LogP contribution in [0.1, 0.15) is 6.42 Å². The Balaban J connectivity index is 2.11. The third-order valence-corrected chi connectivity index (χ3v) is 3.74. The Morgan fingerprint density at radius 3 is 3.16 bits per heavy atom. The number of aromatic nitrogens is 2. The zero-order valence-electron chi connectivity index (χ0n) is 10.4. The van der Waals surface area contributed by atoms with Crippen molar-refractivity contribution >= 4 is 21.6 Å². The number of anilines is 1. The third-order valence-electron chi connectivity index (χ3n) is 2.98. The van der Waals surface area contributed by atoms with Gasteiger partial charge in [-0.3, -0.25) is 4.79 Å². The average molecular weight is 330 g/mol. The van der Waals surface area contributed by atoms with E-state index in [1.165, 1.54) is 4.68 Å². The average Bonchev–Trinajstić information content (AvgIpc) is 2.82. The van der Waals surface area contributed by atoms with Crippen LogP contribution in [0, 0.1) is 0 Å². The molecule has 2 rings (SSSR count). The molecule has 1 aromatic rings. The molecule has 0 amide bonds. The van der Waals surface area contributed by atoms with E-state index in [2.05, 4.69) is 32.9 Å². The molecule has 19 heavy (non-hydrogen) atoms. The zero-order valence-corrected chi connectivity index (χ0v) is 12.0. The van der Waals surface area contributed by atoms with Crippen molar-refractivity contribution < 1.29 is 9.84 Å². The number of rotatable bonds is 5. The van der Waals surface area contributed by atoms with Gasteiger partial charge < -0.3 is 15.2 Å². The minimum Gasteiger partial charge on any atom is -0.386 e. The maximum atomic E-state index is 11.9. The van der Waals surface area contributed by atoms with E-state index >= 15 is 0 Å². The van der Waals surface area contributed by atoms with Gasteiger partial charge in [0.05, 0.1) is 25.0 Å². The van der Waals surface area contributed by atoms with Crippen LogP contribution in [0.4, 0.5) is 5.69 Å². The Hall–Kier alpha value is -1.18. The fourth-order valence-electron chi connectivity index (χ4n) is 1.84. The second-order valence-corrected chi connectivity index (χ2v) is 5.32. The highest BCUT2D eigenvalue weighted by atomic mass is 79.9. The van der Waals surface area contributed by atoms with Crippen molar-refractivity contribution in [1.82, 2.24) is 9.78 Å². The van der Waals surface area contributed by atoms with Gasteiger partial charge in [0.1, 0.15) is 10.1 Å². The van der Waals surface area contributed by atoms with E-state index in [1.54, 1.807) is 12.3 Å². The molecule has 1 fully saturated rings. The lowest BCUT2D eigenvalue weighted by atomic mass is 10.0. The molecule has 2 N–H and O–H groups in total. The molecule has 1 aliphatic heterocycles. The fraction of sp³-hybridized carbons (Fsp3) is 0.500. The van der Waals surface area contributed by atoms with Crippen molar-refractivity contribution in [2.45, 2.75) is 18.6 Å². The van der Waals surface area contributed by atoms with Crippen molar-refractivity contribution in [3.05, 3.63) is 33.7 Å². The first-order valence-corrected chi connectivity index (χ1v) is 6.75. The zero-order chi connectivity index (χ0) is 13.9. The van der Waals surface area contributed by atoms with Crippen molar-refractivity contribution in [1.29, 1.82) is 0 Å². The Kier molecular flexibility index (Phi) is 4.38. The molecule has 7 heteroatoms. The monoisotopic (exact) mass is 329 g/mol. The SMILES string of the molecule is C=CCn1ncc(NCC2(O)CCOC2)c(Br)c1=O. The summed E-state index contributed by atoms with van der Waals surface area (Å²) in [5, 5.41) is 17.2. The first-order valence-electron chi connectivity index (χ1n) is 5.96. The minimum atomic E-state index is -0.880. The molecule has 2 heterocycles. The third kappa shape index (κ3) is 3.23. The smallest absolute Gasteiger partial charge is 0.283 e. The van der Waals surface area contributed by atoms with Gasteiger partial charge in [0, 0.05) is 19.6 Å². The molecule has 1 atom stereocenters. The van der Waals surface area contributed by atoms with Crippen LogP contribution < -0.4 is 10.9 Å². The quantitative estimate of drug-likeness (QED) is 0.780. The molecule has 1 unspecified atom stereocenters. The molecule has 6 nitrogen and oxygen atoms in total. The summed E-state index contributed by atoms with van der Waals surface area (Å²) in [4.78, 5) is 11.9. The van der Waals surface area contributed by atoms with Gasteiger partial charge in [0.15, 0.2) is 0 Å². The van der Waals surface area contributed by atoms with Crippen molar-refractivity contribution in [3.63, 3.8) is 0 Å². The maximum Gasteiger partial charge on any atom is 0.283 e. The van der Waals surface area contributed by atoms with E-state index in [9.17, 15) is 9.90 Å². The summed E-state index contributed by atoms with van der Waals surface area (Å²) in [5.74, 6) is 0. The van der Waals surface area contributed by atoms with Gasteiger partial charge in [-0.15, -0.1) is 6.58 Å². The number of nitrogens with one attached hydrogen (secondary N) is 1. The molecular formula is C12H16BrN3O3. The normalized spacial score (nSPS) is 22.4. The summed E-state index contributed by atoms with van der Waals surface area (Å²) in [6.45, 7) is 5.10. The predicted molar refractivity (Wildman–Crippen MR) is 75.3 cm³/mol. The second-order valence-electron chi connectivity index (χ2n) is 4.53. The summed E-state index contributed by atoms with van der Waals surface area (Å²) in [7, 11) is 0. The summed E-state index contributed by atoms with van der Waals surface area (Å²) in [6, 6.07) is 0. The van der Waals surface area contributed by atoms with E-state index in [0.29, 0.717) is 42.9 Å². The van der Waals surface area contributed by atoms with Crippen molar-refractivity contribution in [2.24, 2.45) is 0 Å². The van der Waals surface area contributed by atoms with E-state index in [1.807, 2.05) is 0 Å². The minimum absolute atomic E-state index is 0.237. The molecule has 0 radical (unpaired) electrons. The van der Waals surface area contributed by atoms with Crippen LogP contribution in [-0.4, -0.2) is 40.2 Å². The molecular weight excluding hydrogens is 314 g/mol. The van der Waals surface area contributed by atoms with Gasteiger partial charge in [-0.25, -0.2) is 4.68 Å². The highest BCUT2D eigenvalue weighted by molar-refractivity contribution is 9.10. The largest absolute Gasteiger partial charge is 0.386 e. The molecule has 0 bridgehead atoms. The van der Waals surface area contributed by atoms with Crippen LogP contribution in [0.25, 0.3) is 0 Å². The Bertz CT molecular complexity index is 523. The molecule has 1 aromatic heterocycles. The second kappa shape index (κ2) is 5.85. The molecule has 104 valence electrons. The maximum absolute atomic E-state index is 11.9. The van der Waals surface area contributed by atoms with Crippen LogP contribution in [0.15, 0.2) is 28.1 Å². The van der Waals surface area contributed by atoms with Gasteiger partial charge in [-0.05, 0) is 15.9 Å². The van der Waals surface area contributed by atoms with Gasteiger partial charge >= 0.3 is 0 Å². The molecule has 0 saturated carbocycles. The summed E-state index contributed by atoms with van der Waals surface area (Å²) >= 11 is 3.25.